The van der Waals surface area contributed by atoms with Gasteiger partial charge in [0.25, 0.3) is 0 Å². The number of benzene rings is 1. The summed E-state index contributed by atoms with van der Waals surface area (Å²) >= 11 is 0. The van der Waals surface area contributed by atoms with Crippen molar-refractivity contribution < 1.29 is 4.92 Å². The Morgan fingerprint density at radius 2 is 1.96 bits per heavy atom. The lowest BCUT2D eigenvalue weighted by Crippen LogP contribution is -2.14. The van der Waals surface area contributed by atoms with E-state index in [1.165, 1.54) is 6.33 Å². The number of hydrogen-bond donors (Lipinski definition) is 1. The Labute approximate surface area is 132 Å². The molecule has 2 heterocycles. The number of aromatic nitrogens is 3. The first-order chi connectivity index (χ1) is 11.1. The second-order valence-electron chi connectivity index (χ2n) is 5.05. The van der Waals surface area contributed by atoms with E-state index in [-0.39, 0.29) is 17.3 Å². The van der Waals surface area contributed by atoms with Crippen LogP contribution in [0.3, 0.4) is 0 Å². The first-order valence-corrected chi connectivity index (χ1v) is 6.85. The van der Waals surface area contributed by atoms with E-state index in [9.17, 15) is 10.1 Å². The summed E-state index contributed by atoms with van der Waals surface area (Å²) in [6.45, 7) is 0. The van der Waals surface area contributed by atoms with E-state index in [0.29, 0.717) is 5.69 Å². The SMILES string of the molecule is CN(C)c1ncnc(Nc2cccc3ncccc23)c1[N+](=O)[O-]. The number of nitrogens with one attached hydrogen (secondary N) is 1. The average Bonchev–Trinajstić information content (AvgIpc) is 2.54. The van der Waals surface area contributed by atoms with Crippen molar-refractivity contribution in [1.29, 1.82) is 0 Å². The summed E-state index contributed by atoms with van der Waals surface area (Å²) < 4.78 is 0. The van der Waals surface area contributed by atoms with Crippen LogP contribution in [0.5, 0.6) is 0 Å². The summed E-state index contributed by atoms with van der Waals surface area (Å²) in [6.07, 6.45) is 3.00. The van der Waals surface area contributed by atoms with Crippen molar-refractivity contribution in [2.75, 3.05) is 24.3 Å². The van der Waals surface area contributed by atoms with Crippen molar-refractivity contribution in [3.63, 3.8) is 0 Å². The minimum Gasteiger partial charge on any atom is -0.357 e. The number of nitrogens with zero attached hydrogens (tertiary/aromatic N) is 5. The van der Waals surface area contributed by atoms with E-state index in [2.05, 4.69) is 20.3 Å². The largest absolute Gasteiger partial charge is 0.357 e. The quantitative estimate of drug-likeness (QED) is 0.584. The topological polar surface area (TPSA) is 97.1 Å². The molecule has 0 aliphatic carbocycles. The molecule has 1 N–H and O–H groups in total. The molecule has 0 atom stereocenters. The molecule has 0 amide bonds. The van der Waals surface area contributed by atoms with E-state index in [0.717, 1.165) is 10.9 Å². The zero-order chi connectivity index (χ0) is 16.4. The van der Waals surface area contributed by atoms with Crippen LogP contribution >= 0.6 is 0 Å². The van der Waals surface area contributed by atoms with Crippen LogP contribution in [0.1, 0.15) is 0 Å². The molecule has 1 aromatic carbocycles. The predicted octanol–water partition coefficient (Wildman–Crippen LogP) is 2.74. The molecule has 2 aromatic heterocycles. The molecule has 0 radical (unpaired) electrons. The first kappa shape index (κ1) is 14.6. The van der Waals surface area contributed by atoms with Crippen molar-refractivity contribution in [3.8, 4) is 0 Å². The molecule has 0 spiro atoms. The van der Waals surface area contributed by atoms with Crippen LogP contribution in [0.15, 0.2) is 42.9 Å². The number of fused-ring (bicyclic) bond motifs is 1. The molecule has 0 fully saturated rings. The minimum absolute atomic E-state index is 0.144. The summed E-state index contributed by atoms with van der Waals surface area (Å²) in [7, 11) is 3.39. The van der Waals surface area contributed by atoms with Gasteiger partial charge in [0.2, 0.25) is 11.6 Å². The molecular weight excluding hydrogens is 296 g/mol. The number of hydrogen-bond acceptors (Lipinski definition) is 7. The molecule has 0 saturated heterocycles. The second-order valence-corrected chi connectivity index (χ2v) is 5.05. The zero-order valence-electron chi connectivity index (χ0n) is 12.6. The number of pyridine rings is 1. The van der Waals surface area contributed by atoms with E-state index in [1.807, 2.05) is 30.3 Å². The highest BCUT2D eigenvalue weighted by molar-refractivity contribution is 5.93. The van der Waals surface area contributed by atoms with Gasteiger partial charge in [-0.25, -0.2) is 9.97 Å². The van der Waals surface area contributed by atoms with Gasteiger partial charge in [0.1, 0.15) is 6.33 Å². The van der Waals surface area contributed by atoms with Crippen molar-refractivity contribution >= 4 is 33.9 Å². The Hall–Kier alpha value is -3.29. The fourth-order valence-electron chi connectivity index (χ4n) is 2.30. The van der Waals surface area contributed by atoms with Crippen molar-refractivity contribution in [2.24, 2.45) is 0 Å². The van der Waals surface area contributed by atoms with Crippen molar-refractivity contribution in [3.05, 3.63) is 53.0 Å². The number of anilines is 3. The Balaban J connectivity index is 2.12. The molecule has 0 aliphatic heterocycles. The summed E-state index contributed by atoms with van der Waals surface area (Å²) in [6, 6.07) is 9.24. The highest BCUT2D eigenvalue weighted by Crippen LogP contribution is 2.34. The van der Waals surface area contributed by atoms with Gasteiger partial charge in [0.15, 0.2) is 0 Å². The molecule has 3 rings (SSSR count). The van der Waals surface area contributed by atoms with Gasteiger partial charge < -0.3 is 10.2 Å². The molecule has 0 unspecified atom stereocenters. The first-order valence-electron chi connectivity index (χ1n) is 6.85. The smallest absolute Gasteiger partial charge is 0.353 e. The monoisotopic (exact) mass is 310 g/mol. The molecule has 8 heteroatoms. The molecule has 0 bridgehead atoms. The number of rotatable bonds is 4. The maximum atomic E-state index is 11.4. The predicted molar refractivity (Wildman–Crippen MR) is 88.0 cm³/mol. The highest BCUT2D eigenvalue weighted by atomic mass is 16.6. The van der Waals surface area contributed by atoms with Gasteiger partial charge in [-0.15, -0.1) is 0 Å². The lowest BCUT2D eigenvalue weighted by atomic mass is 10.2. The lowest BCUT2D eigenvalue weighted by Gasteiger charge is -2.14. The third-order valence-electron chi connectivity index (χ3n) is 3.31. The molecule has 3 aromatic rings. The maximum absolute atomic E-state index is 11.4. The zero-order valence-corrected chi connectivity index (χ0v) is 12.6. The van der Waals surface area contributed by atoms with Gasteiger partial charge in [-0.2, -0.15) is 0 Å². The third-order valence-corrected chi connectivity index (χ3v) is 3.31. The number of nitro groups is 1. The lowest BCUT2D eigenvalue weighted by molar-refractivity contribution is -0.383. The van der Waals surface area contributed by atoms with Gasteiger partial charge in [-0.05, 0) is 24.3 Å². The van der Waals surface area contributed by atoms with Crippen LogP contribution in [0.4, 0.5) is 23.0 Å². The van der Waals surface area contributed by atoms with Crippen molar-refractivity contribution in [1.82, 2.24) is 15.0 Å². The third kappa shape index (κ3) is 2.73. The van der Waals surface area contributed by atoms with Gasteiger partial charge in [0.05, 0.1) is 10.4 Å². The van der Waals surface area contributed by atoms with E-state index in [1.54, 1.807) is 25.2 Å². The minimum atomic E-state index is -0.485. The average molecular weight is 310 g/mol. The van der Waals surface area contributed by atoms with Gasteiger partial charge in [-0.3, -0.25) is 15.1 Å². The summed E-state index contributed by atoms with van der Waals surface area (Å²) in [5.74, 6) is 0.385. The van der Waals surface area contributed by atoms with Crippen LogP contribution in [0, 0.1) is 10.1 Å². The maximum Gasteiger partial charge on any atom is 0.353 e. The Bertz CT molecular complexity index is 875. The molecule has 0 saturated carbocycles. The molecule has 8 nitrogen and oxygen atoms in total. The molecule has 0 aliphatic rings. The fourth-order valence-corrected chi connectivity index (χ4v) is 2.30. The second kappa shape index (κ2) is 5.84. The molecule has 23 heavy (non-hydrogen) atoms. The van der Waals surface area contributed by atoms with E-state index < -0.39 is 4.92 Å². The standard InChI is InChI=1S/C15H14N6O2/c1-20(2)15-13(21(22)23)14(17-9-18-15)19-12-7-3-6-11-10(12)5-4-8-16-11/h3-9H,1-2H3,(H,17,18,19). The van der Waals surface area contributed by atoms with Crippen LogP contribution < -0.4 is 10.2 Å². The van der Waals surface area contributed by atoms with Crippen molar-refractivity contribution in [2.45, 2.75) is 0 Å². The molecule has 116 valence electrons. The van der Waals surface area contributed by atoms with E-state index in [4.69, 9.17) is 0 Å². The Kier molecular flexibility index (Phi) is 3.71. The Morgan fingerprint density at radius 1 is 1.13 bits per heavy atom. The fraction of sp³-hybridized carbons (Fsp3) is 0.133. The van der Waals surface area contributed by atoms with Crippen LogP contribution in [0.2, 0.25) is 0 Å². The van der Waals surface area contributed by atoms with Crippen LogP contribution in [-0.2, 0) is 0 Å². The van der Waals surface area contributed by atoms with E-state index >= 15 is 0 Å². The van der Waals surface area contributed by atoms with Gasteiger partial charge in [-0.1, -0.05) is 6.07 Å². The van der Waals surface area contributed by atoms with Crippen LogP contribution in [-0.4, -0.2) is 34.0 Å². The van der Waals surface area contributed by atoms with Gasteiger partial charge >= 0.3 is 5.69 Å². The molecular formula is C15H14N6O2. The summed E-state index contributed by atoms with van der Waals surface area (Å²) in [4.78, 5) is 24.8. The van der Waals surface area contributed by atoms with Gasteiger partial charge in [0, 0.05) is 31.4 Å². The highest BCUT2D eigenvalue weighted by Gasteiger charge is 2.24. The Morgan fingerprint density at radius 3 is 2.70 bits per heavy atom. The summed E-state index contributed by atoms with van der Waals surface area (Å²) in [5, 5.41) is 15.3. The van der Waals surface area contributed by atoms with Crippen LogP contribution in [0.25, 0.3) is 10.9 Å². The normalized spacial score (nSPS) is 10.5. The summed E-state index contributed by atoms with van der Waals surface area (Å²) in [5.41, 5.74) is 1.32.